The Morgan fingerprint density at radius 2 is 1.78 bits per heavy atom. The van der Waals surface area contributed by atoms with Gasteiger partial charge in [0.1, 0.15) is 0 Å². The molecule has 3 nitrogen and oxygen atoms in total. The maximum atomic E-state index is 12.5. The molecule has 4 bridgehead atoms. The fourth-order valence-electron chi connectivity index (χ4n) is 5.95. The molecule has 2 unspecified atom stereocenters. The van der Waals surface area contributed by atoms with Crippen LogP contribution < -0.4 is 5.48 Å². The van der Waals surface area contributed by atoms with Gasteiger partial charge in [-0.3, -0.25) is 9.63 Å². The summed E-state index contributed by atoms with van der Waals surface area (Å²) in [5.41, 5.74) is 3.32. The van der Waals surface area contributed by atoms with Crippen molar-refractivity contribution in [2.75, 3.05) is 6.61 Å². The van der Waals surface area contributed by atoms with Gasteiger partial charge in [0.15, 0.2) is 0 Å². The van der Waals surface area contributed by atoms with Gasteiger partial charge in [-0.15, -0.1) is 0 Å². The fraction of sp³-hybridized carbons (Fsp3) is 0.933. The maximum Gasteiger partial charge on any atom is 0.249 e. The van der Waals surface area contributed by atoms with E-state index in [0.717, 1.165) is 25.2 Å². The summed E-state index contributed by atoms with van der Waals surface area (Å²) in [5.74, 6) is 0.898. The molecule has 4 rings (SSSR count). The van der Waals surface area contributed by atoms with Crippen LogP contribution in [0.25, 0.3) is 0 Å². The van der Waals surface area contributed by atoms with Crippen LogP contribution in [0.3, 0.4) is 0 Å². The zero-order valence-electron chi connectivity index (χ0n) is 11.8. The first-order chi connectivity index (χ1) is 8.39. The van der Waals surface area contributed by atoms with Crippen molar-refractivity contribution in [3.05, 3.63) is 0 Å². The lowest BCUT2D eigenvalue weighted by atomic mass is 9.40. The van der Waals surface area contributed by atoms with Crippen LogP contribution in [0.1, 0.15) is 59.3 Å². The Balaban J connectivity index is 1.86. The summed E-state index contributed by atoms with van der Waals surface area (Å²) in [7, 11) is 0. The van der Waals surface area contributed by atoms with E-state index in [-0.39, 0.29) is 11.3 Å². The molecule has 1 amide bonds. The number of amides is 1. The van der Waals surface area contributed by atoms with E-state index in [2.05, 4.69) is 19.3 Å². The number of carbonyl (C=O) groups excluding carboxylic acids is 1. The van der Waals surface area contributed by atoms with E-state index in [1.165, 1.54) is 19.3 Å². The van der Waals surface area contributed by atoms with Crippen molar-refractivity contribution < 1.29 is 9.63 Å². The zero-order chi connectivity index (χ0) is 13.0. The molecule has 0 aromatic rings. The standard InChI is InChI=1S/C15H25NO2/c1-4-18-16-12(17)15-7-11-5-13(2,9-15)8-14(3,6-11)10-15/h11H,4-10H2,1-3H3,(H,16,17). The molecule has 4 aliphatic rings. The molecular weight excluding hydrogens is 226 g/mol. The second-order valence-electron chi connectivity index (χ2n) is 7.77. The van der Waals surface area contributed by atoms with Crippen LogP contribution in [0.4, 0.5) is 0 Å². The van der Waals surface area contributed by atoms with Crippen LogP contribution in [0.2, 0.25) is 0 Å². The molecule has 4 fully saturated rings. The summed E-state index contributed by atoms with van der Waals surface area (Å²) in [6.07, 6.45) is 7.16. The van der Waals surface area contributed by atoms with Crippen LogP contribution in [0.15, 0.2) is 0 Å². The molecule has 0 aromatic heterocycles. The van der Waals surface area contributed by atoms with Crippen LogP contribution >= 0.6 is 0 Å². The van der Waals surface area contributed by atoms with Crippen molar-refractivity contribution in [2.24, 2.45) is 22.2 Å². The van der Waals surface area contributed by atoms with Crippen LogP contribution in [-0.2, 0) is 9.63 Å². The predicted molar refractivity (Wildman–Crippen MR) is 69.6 cm³/mol. The molecule has 1 N–H and O–H groups in total. The van der Waals surface area contributed by atoms with Crippen molar-refractivity contribution in [1.82, 2.24) is 5.48 Å². The number of hydrogen-bond acceptors (Lipinski definition) is 2. The molecule has 18 heavy (non-hydrogen) atoms. The van der Waals surface area contributed by atoms with E-state index in [1.807, 2.05) is 6.92 Å². The predicted octanol–water partition coefficient (Wildman–Crippen LogP) is 3.05. The molecular formula is C15H25NO2. The normalized spacial score (nSPS) is 49.4. The van der Waals surface area contributed by atoms with E-state index < -0.39 is 0 Å². The molecule has 0 radical (unpaired) electrons. The molecule has 0 aromatic carbocycles. The first kappa shape index (κ1) is 12.5. The Kier molecular flexibility index (Phi) is 2.58. The first-order valence-corrected chi connectivity index (χ1v) is 7.31. The zero-order valence-corrected chi connectivity index (χ0v) is 11.8. The van der Waals surface area contributed by atoms with Gasteiger partial charge in [-0.2, -0.15) is 0 Å². The number of carbonyl (C=O) groups is 1. The number of hydrogen-bond donors (Lipinski definition) is 1. The molecule has 102 valence electrons. The Bertz CT molecular complexity index is 361. The molecule has 0 heterocycles. The highest BCUT2D eigenvalue weighted by Crippen LogP contribution is 2.69. The Labute approximate surface area is 110 Å². The minimum atomic E-state index is -0.141. The highest BCUT2D eigenvalue weighted by atomic mass is 16.6. The van der Waals surface area contributed by atoms with Crippen LogP contribution in [-0.4, -0.2) is 12.5 Å². The van der Waals surface area contributed by atoms with Crippen LogP contribution in [0.5, 0.6) is 0 Å². The topological polar surface area (TPSA) is 38.3 Å². The second kappa shape index (κ2) is 3.72. The molecule has 4 saturated carbocycles. The van der Waals surface area contributed by atoms with Gasteiger partial charge in [-0.25, -0.2) is 5.48 Å². The number of nitrogens with one attached hydrogen (secondary N) is 1. The molecule has 0 spiro atoms. The van der Waals surface area contributed by atoms with Crippen molar-refractivity contribution in [3.63, 3.8) is 0 Å². The van der Waals surface area contributed by atoms with E-state index in [1.54, 1.807) is 0 Å². The van der Waals surface area contributed by atoms with Gasteiger partial charge in [-0.05, 0) is 62.2 Å². The number of hydroxylamine groups is 1. The second-order valence-corrected chi connectivity index (χ2v) is 7.77. The van der Waals surface area contributed by atoms with E-state index >= 15 is 0 Å². The Morgan fingerprint density at radius 1 is 1.17 bits per heavy atom. The SMILES string of the molecule is CCONC(=O)C12CC3CC(C)(CC(C)(C3)C1)C2. The molecule has 2 atom stereocenters. The largest absolute Gasteiger partial charge is 0.274 e. The Morgan fingerprint density at radius 3 is 2.28 bits per heavy atom. The summed E-state index contributed by atoms with van der Waals surface area (Å²) in [5, 5.41) is 0. The Hall–Kier alpha value is -0.570. The van der Waals surface area contributed by atoms with Crippen LogP contribution in [0, 0.1) is 22.2 Å². The van der Waals surface area contributed by atoms with E-state index in [9.17, 15) is 4.79 Å². The first-order valence-electron chi connectivity index (χ1n) is 7.31. The molecule has 0 saturated heterocycles. The smallest absolute Gasteiger partial charge is 0.249 e. The third-order valence-corrected chi connectivity index (χ3v) is 5.42. The lowest BCUT2D eigenvalue weighted by molar-refractivity contribution is -0.179. The average Bonchev–Trinajstić information content (AvgIpc) is 2.20. The fourth-order valence-corrected chi connectivity index (χ4v) is 5.95. The average molecular weight is 251 g/mol. The van der Waals surface area contributed by atoms with Gasteiger partial charge in [-0.1, -0.05) is 13.8 Å². The third-order valence-electron chi connectivity index (χ3n) is 5.42. The van der Waals surface area contributed by atoms with Gasteiger partial charge >= 0.3 is 0 Å². The summed E-state index contributed by atoms with van der Waals surface area (Å²) in [6.45, 7) is 7.22. The quantitative estimate of drug-likeness (QED) is 0.783. The van der Waals surface area contributed by atoms with Gasteiger partial charge in [0, 0.05) is 0 Å². The van der Waals surface area contributed by atoms with Gasteiger partial charge in [0.25, 0.3) is 0 Å². The van der Waals surface area contributed by atoms with Crippen molar-refractivity contribution >= 4 is 5.91 Å². The molecule has 0 aliphatic heterocycles. The lowest BCUT2D eigenvalue weighted by Crippen LogP contribution is -2.59. The van der Waals surface area contributed by atoms with Crippen molar-refractivity contribution in [2.45, 2.75) is 59.3 Å². The highest BCUT2D eigenvalue weighted by Gasteiger charge is 2.62. The molecule has 3 heteroatoms. The van der Waals surface area contributed by atoms with Gasteiger partial charge in [0.05, 0.1) is 12.0 Å². The molecule has 4 aliphatic carbocycles. The van der Waals surface area contributed by atoms with Gasteiger partial charge in [0.2, 0.25) is 5.91 Å². The van der Waals surface area contributed by atoms with E-state index in [4.69, 9.17) is 4.84 Å². The third kappa shape index (κ3) is 1.78. The highest BCUT2D eigenvalue weighted by molar-refractivity contribution is 5.82. The summed E-state index contributed by atoms with van der Waals surface area (Å²) < 4.78 is 0. The summed E-state index contributed by atoms with van der Waals surface area (Å²) in [6, 6.07) is 0. The summed E-state index contributed by atoms with van der Waals surface area (Å²) in [4.78, 5) is 17.7. The minimum Gasteiger partial charge on any atom is -0.274 e. The minimum absolute atomic E-state index is 0.141. The monoisotopic (exact) mass is 251 g/mol. The summed E-state index contributed by atoms with van der Waals surface area (Å²) >= 11 is 0. The van der Waals surface area contributed by atoms with Crippen molar-refractivity contribution in [1.29, 1.82) is 0 Å². The van der Waals surface area contributed by atoms with Crippen molar-refractivity contribution in [3.8, 4) is 0 Å². The maximum absolute atomic E-state index is 12.5. The van der Waals surface area contributed by atoms with Gasteiger partial charge < -0.3 is 0 Å². The number of rotatable bonds is 3. The lowest BCUT2D eigenvalue weighted by Gasteiger charge is -2.64. The van der Waals surface area contributed by atoms with E-state index in [0.29, 0.717) is 17.4 Å².